The lowest BCUT2D eigenvalue weighted by Crippen LogP contribution is -2.20. The zero-order valence-electron chi connectivity index (χ0n) is 12.1. The molecule has 2 N–H and O–H groups in total. The van der Waals surface area contributed by atoms with Crippen LogP contribution in [0.25, 0.3) is 0 Å². The number of nitrogens with one attached hydrogen (secondary N) is 2. The molecular formula is C14H20N2O3S2. The predicted molar refractivity (Wildman–Crippen MR) is 83.8 cm³/mol. The molecular weight excluding hydrogens is 308 g/mol. The highest BCUT2D eigenvalue weighted by Gasteiger charge is 2.17. The average molecular weight is 328 g/mol. The van der Waals surface area contributed by atoms with Crippen molar-refractivity contribution in [1.29, 1.82) is 0 Å². The Kier molecular flexibility index (Phi) is 5.58. The highest BCUT2D eigenvalue weighted by molar-refractivity contribution is 7.89. The highest BCUT2D eigenvalue weighted by atomic mass is 32.2. The minimum atomic E-state index is -3.51. The minimum Gasteiger partial charge on any atom is -0.447 e. The van der Waals surface area contributed by atoms with E-state index in [1.807, 2.05) is 6.07 Å². The smallest absolute Gasteiger partial charge is 0.273 e. The molecule has 0 saturated heterocycles. The summed E-state index contributed by atoms with van der Waals surface area (Å²) in [6, 6.07) is 7.58. The molecule has 0 radical (unpaired) electrons. The fourth-order valence-corrected chi connectivity index (χ4v) is 3.55. The molecule has 0 fully saturated rings. The monoisotopic (exact) mass is 328 g/mol. The SMILES string of the molecule is CCCC(NCc1ccc(S(=O)(=O)NC)o1)c1cccs1. The van der Waals surface area contributed by atoms with Gasteiger partial charge in [0.1, 0.15) is 5.76 Å². The summed E-state index contributed by atoms with van der Waals surface area (Å²) in [5.41, 5.74) is 0. The van der Waals surface area contributed by atoms with Gasteiger partial charge in [0.05, 0.1) is 6.54 Å². The van der Waals surface area contributed by atoms with Crippen molar-refractivity contribution >= 4 is 21.4 Å². The summed E-state index contributed by atoms with van der Waals surface area (Å²) in [6.45, 7) is 2.65. The molecule has 0 saturated carbocycles. The van der Waals surface area contributed by atoms with E-state index in [-0.39, 0.29) is 11.1 Å². The second-order valence-corrected chi connectivity index (χ2v) is 7.46. The Morgan fingerprint density at radius 1 is 1.33 bits per heavy atom. The minimum absolute atomic E-state index is 0.0510. The summed E-state index contributed by atoms with van der Waals surface area (Å²) in [6.07, 6.45) is 2.11. The molecule has 0 bridgehead atoms. The van der Waals surface area contributed by atoms with Gasteiger partial charge in [-0.2, -0.15) is 0 Å². The zero-order valence-corrected chi connectivity index (χ0v) is 13.8. The number of hydrogen-bond donors (Lipinski definition) is 2. The maximum absolute atomic E-state index is 11.6. The molecule has 0 aliphatic rings. The highest BCUT2D eigenvalue weighted by Crippen LogP contribution is 2.24. The van der Waals surface area contributed by atoms with Gasteiger partial charge < -0.3 is 9.73 Å². The lowest BCUT2D eigenvalue weighted by molar-refractivity contribution is 0.384. The van der Waals surface area contributed by atoms with Crippen LogP contribution in [0.1, 0.15) is 36.4 Å². The summed E-state index contributed by atoms with van der Waals surface area (Å²) in [5.74, 6) is 0.612. The first-order chi connectivity index (χ1) is 10.1. The van der Waals surface area contributed by atoms with Gasteiger partial charge in [-0.25, -0.2) is 13.1 Å². The molecule has 0 aromatic carbocycles. The van der Waals surface area contributed by atoms with Crippen LogP contribution in [0.3, 0.4) is 0 Å². The topological polar surface area (TPSA) is 71.3 Å². The van der Waals surface area contributed by atoms with E-state index in [0.717, 1.165) is 12.8 Å². The molecule has 0 aliphatic heterocycles. The summed E-state index contributed by atoms with van der Waals surface area (Å²) < 4.78 is 30.8. The normalized spacial score (nSPS) is 13.4. The number of hydrogen-bond acceptors (Lipinski definition) is 5. The molecule has 7 heteroatoms. The van der Waals surface area contributed by atoms with Crippen molar-refractivity contribution in [3.05, 3.63) is 40.3 Å². The van der Waals surface area contributed by atoms with Crippen molar-refractivity contribution in [2.24, 2.45) is 0 Å². The molecule has 1 unspecified atom stereocenters. The fourth-order valence-electron chi connectivity index (χ4n) is 2.05. The number of sulfonamides is 1. The van der Waals surface area contributed by atoms with Gasteiger partial charge in [0.2, 0.25) is 5.09 Å². The number of thiophene rings is 1. The molecule has 2 aromatic rings. The number of rotatable bonds is 8. The van der Waals surface area contributed by atoms with Crippen molar-refractivity contribution < 1.29 is 12.8 Å². The molecule has 1 atom stereocenters. The van der Waals surface area contributed by atoms with Crippen LogP contribution >= 0.6 is 11.3 Å². The molecule has 0 aliphatic carbocycles. The van der Waals surface area contributed by atoms with Gasteiger partial charge in [-0.1, -0.05) is 19.4 Å². The van der Waals surface area contributed by atoms with Crippen LogP contribution in [0.4, 0.5) is 0 Å². The van der Waals surface area contributed by atoms with Gasteiger partial charge in [0, 0.05) is 10.9 Å². The molecule has 2 heterocycles. The van der Waals surface area contributed by atoms with Crippen LogP contribution < -0.4 is 10.0 Å². The van der Waals surface area contributed by atoms with Crippen LogP contribution in [-0.2, 0) is 16.6 Å². The van der Waals surface area contributed by atoms with E-state index in [2.05, 4.69) is 28.4 Å². The Labute approximate surface area is 129 Å². The lowest BCUT2D eigenvalue weighted by Gasteiger charge is -2.15. The molecule has 0 amide bonds. The molecule has 2 rings (SSSR count). The van der Waals surface area contributed by atoms with Crippen molar-refractivity contribution in [2.75, 3.05) is 7.05 Å². The molecule has 5 nitrogen and oxygen atoms in total. The van der Waals surface area contributed by atoms with E-state index in [1.54, 1.807) is 17.4 Å². The molecule has 21 heavy (non-hydrogen) atoms. The van der Waals surface area contributed by atoms with Gasteiger partial charge in [0.25, 0.3) is 10.0 Å². The largest absolute Gasteiger partial charge is 0.447 e. The Balaban J connectivity index is 2.02. The third-order valence-electron chi connectivity index (χ3n) is 3.16. The lowest BCUT2D eigenvalue weighted by atomic mass is 10.1. The summed E-state index contributed by atoms with van der Waals surface area (Å²) in [4.78, 5) is 1.28. The fraction of sp³-hybridized carbons (Fsp3) is 0.429. The zero-order chi connectivity index (χ0) is 15.3. The van der Waals surface area contributed by atoms with E-state index in [0.29, 0.717) is 12.3 Å². The van der Waals surface area contributed by atoms with Gasteiger partial charge in [-0.15, -0.1) is 11.3 Å². The second kappa shape index (κ2) is 7.22. The maximum Gasteiger partial charge on any atom is 0.273 e. The van der Waals surface area contributed by atoms with Crippen LogP contribution in [0, 0.1) is 0 Å². The molecule has 116 valence electrons. The van der Waals surface area contributed by atoms with E-state index < -0.39 is 10.0 Å². The van der Waals surface area contributed by atoms with Crippen LogP contribution in [-0.4, -0.2) is 15.5 Å². The molecule has 0 spiro atoms. The Morgan fingerprint density at radius 3 is 2.76 bits per heavy atom. The second-order valence-electron chi connectivity index (χ2n) is 4.67. The van der Waals surface area contributed by atoms with Crippen molar-refractivity contribution in [3.8, 4) is 0 Å². The summed E-state index contributed by atoms with van der Waals surface area (Å²) in [5, 5.41) is 5.43. The van der Waals surface area contributed by atoms with Crippen molar-refractivity contribution in [3.63, 3.8) is 0 Å². The third kappa shape index (κ3) is 4.16. The third-order valence-corrected chi connectivity index (χ3v) is 5.43. The quantitative estimate of drug-likeness (QED) is 0.781. The average Bonchev–Trinajstić information content (AvgIpc) is 3.14. The first-order valence-corrected chi connectivity index (χ1v) is 9.22. The van der Waals surface area contributed by atoms with E-state index >= 15 is 0 Å². The van der Waals surface area contributed by atoms with E-state index in [9.17, 15) is 8.42 Å². The van der Waals surface area contributed by atoms with Gasteiger partial charge in [0.15, 0.2) is 0 Å². The van der Waals surface area contributed by atoms with E-state index in [1.165, 1.54) is 18.0 Å². The van der Waals surface area contributed by atoms with Gasteiger partial charge in [-0.3, -0.25) is 0 Å². The molecule has 2 aromatic heterocycles. The van der Waals surface area contributed by atoms with Gasteiger partial charge >= 0.3 is 0 Å². The van der Waals surface area contributed by atoms with E-state index in [4.69, 9.17) is 4.42 Å². The first-order valence-electron chi connectivity index (χ1n) is 6.86. The van der Waals surface area contributed by atoms with Crippen LogP contribution in [0.2, 0.25) is 0 Å². The first kappa shape index (κ1) is 16.2. The van der Waals surface area contributed by atoms with Crippen molar-refractivity contribution in [1.82, 2.24) is 10.0 Å². The van der Waals surface area contributed by atoms with Crippen LogP contribution in [0.15, 0.2) is 39.2 Å². The van der Waals surface area contributed by atoms with Crippen LogP contribution in [0.5, 0.6) is 0 Å². The maximum atomic E-state index is 11.6. The van der Waals surface area contributed by atoms with Crippen molar-refractivity contribution in [2.45, 2.75) is 37.4 Å². The predicted octanol–water partition coefficient (Wildman–Crippen LogP) is 2.88. The Morgan fingerprint density at radius 2 is 2.14 bits per heavy atom. The number of furan rings is 1. The Hall–Kier alpha value is -1.15. The Bertz CT molecular complexity index is 648. The summed E-state index contributed by atoms with van der Waals surface area (Å²) in [7, 11) is -2.15. The summed E-state index contributed by atoms with van der Waals surface area (Å²) >= 11 is 1.72. The van der Waals surface area contributed by atoms with Gasteiger partial charge in [-0.05, 0) is 37.0 Å². The standard InChI is InChI=1S/C14H20N2O3S2/c1-3-5-12(13-6-4-9-20-13)16-10-11-7-8-14(19-11)21(17,18)15-2/h4,6-9,12,15-16H,3,5,10H2,1-2H3.